The van der Waals surface area contributed by atoms with Gasteiger partial charge in [0.25, 0.3) is 5.91 Å². The molecule has 0 radical (unpaired) electrons. The summed E-state index contributed by atoms with van der Waals surface area (Å²) in [7, 11) is 1.88. The molecule has 2 amide bonds. The fourth-order valence-corrected chi connectivity index (χ4v) is 3.78. The summed E-state index contributed by atoms with van der Waals surface area (Å²) in [6.45, 7) is 6.50. The van der Waals surface area contributed by atoms with Gasteiger partial charge in [-0.15, -0.1) is 0 Å². The highest BCUT2D eigenvalue weighted by Crippen LogP contribution is 2.26. The fourth-order valence-electron chi connectivity index (χ4n) is 3.78. The average molecular weight is 362 g/mol. The molecule has 0 aromatic carbocycles. The van der Waals surface area contributed by atoms with Crippen molar-refractivity contribution in [3.05, 3.63) is 17.0 Å². The number of hydrogen-bond donors (Lipinski definition) is 1. The van der Waals surface area contributed by atoms with Crippen molar-refractivity contribution in [1.29, 1.82) is 0 Å². The number of ether oxygens (including phenoxy) is 1. The molecule has 144 valence electrons. The van der Waals surface area contributed by atoms with Gasteiger partial charge in [-0.25, -0.2) is 4.79 Å². The monoisotopic (exact) mass is 362 g/mol. The zero-order valence-corrected chi connectivity index (χ0v) is 16.3. The summed E-state index contributed by atoms with van der Waals surface area (Å²) in [5.74, 6) is -0.0138. The number of carbonyl (C=O) groups is 2. The Morgan fingerprint density at radius 1 is 1.23 bits per heavy atom. The average Bonchev–Trinajstić information content (AvgIpc) is 3.03. The zero-order valence-electron chi connectivity index (χ0n) is 16.3. The van der Waals surface area contributed by atoms with Crippen LogP contribution in [0.5, 0.6) is 0 Å². The van der Waals surface area contributed by atoms with Crippen LogP contribution in [0.15, 0.2) is 0 Å². The van der Waals surface area contributed by atoms with Crippen LogP contribution >= 0.6 is 0 Å². The van der Waals surface area contributed by atoms with Crippen molar-refractivity contribution in [2.24, 2.45) is 0 Å². The summed E-state index contributed by atoms with van der Waals surface area (Å²) >= 11 is 0. The standard InChI is InChI=1S/C19H30N4O3/c1-19(2,3)26-18(25)23-11-10-14-15(12-23)20-21-16(14)17(24)22(4)13-8-6-5-7-9-13/h13H,5-12H2,1-4H3,(H,20,21). The van der Waals surface area contributed by atoms with E-state index in [-0.39, 0.29) is 12.0 Å². The highest BCUT2D eigenvalue weighted by molar-refractivity contribution is 5.94. The minimum atomic E-state index is -0.519. The molecule has 0 unspecified atom stereocenters. The van der Waals surface area contributed by atoms with Crippen LogP contribution in [0.1, 0.15) is 74.6 Å². The number of carbonyl (C=O) groups excluding carboxylic acids is 2. The first-order chi connectivity index (χ1) is 12.3. The van der Waals surface area contributed by atoms with E-state index in [0.29, 0.717) is 31.2 Å². The third-order valence-electron chi connectivity index (χ3n) is 5.23. The number of aromatic amines is 1. The predicted molar refractivity (Wildman–Crippen MR) is 97.9 cm³/mol. The van der Waals surface area contributed by atoms with E-state index in [0.717, 1.165) is 24.1 Å². The molecule has 26 heavy (non-hydrogen) atoms. The van der Waals surface area contributed by atoms with Gasteiger partial charge in [-0.05, 0) is 40.0 Å². The minimum absolute atomic E-state index is 0.0138. The van der Waals surface area contributed by atoms with Crippen LogP contribution in [0.4, 0.5) is 4.79 Å². The second-order valence-electron chi connectivity index (χ2n) is 8.39. The molecule has 1 aliphatic carbocycles. The first-order valence-corrected chi connectivity index (χ1v) is 9.57. The lowest BCUT2D eigenvalue weighted by Gasteiger charge is -2.32. The molecule has 0 atom stereocenters. The van der Waals surface area contributed by atoms with Crippen LogP contribution < -0.4 is 0 Å². The Labute approximate surface area is 155 Å². The van der Waals surface area contributed by atoms with Gasteiger partial charge in [-0.2, -0.15) is 5.10 Å². The number of rotatable bonds is 2. The van der Waals surface area contributed by atoms with Gasteiger partial charge in [0, 0.05) is 25.2 Å². The first kappa shape index (κ1) is 18.7. The number of hydrogen-bond acceptors (Lipinski definition) is 4. The normalized spacial score (nSPS) is 18.4. The van der Waals surface area contributed by atoms with Gasteiger partial charge < -0.3 is 14.5 Å². The van der Waals surface area contributed by atoms with Crippen molar-refractivity contribution >= 4 is 12.0 Å². The van der Waals surface area contributed by atoms with Crippen molar-refractivity contribution in [3.8, 4) is 0 Å². The van der Waals surface area contributed by atoms with E-state index in [1.54, 1.807) is 4.90 Å². The summed E-state index contributed by atoms with van der Waals surface area (Å²) < 4.78 is 5.44. The Balaban J connectivity index is 1.69. The maximum Gasteiger partial charge on any atom is 0.410 e. The third kappa shape index (κ3) is 4.02. The summed E-state index contributed by atoms with van der Waals surface area (Å²) in [5.41, 5.74) is 1.77. The van der Waals surface area contributed by atoms with Gasteiger partial charge in [-0.1, -0.05) is 19.3 Å². The molecule has 0 spiro atoms. The highest BCUT2D eigenvalue weighted by atomic mass is 16.6. The van der Waals surface area contributed by atoms with Crippen molar-refractivity contribution in [2.45, 2.75) is 77.5 Å². The van der Waals surface area contributed by atoms with Crippen LogP contribution in [-0.4, -0.2) is 57.2 Å². The SMILES string of the molecule is CN(C(=O)c1n[nH]c2c1CCN(C(=O)OC(C)(C)C)C2)C1CCCCC1. The second-order valence-corrected chi connectivity index (χ2v) is 8.39. The van der Waals surface area contributed by atoms with E-state index >= 15 is 0 Å². The van der Waals surface area contributed by atoms with E-state index in [1.165, 1.54) is 19.3 Å². The summed E-state index contributed by atoms with van der Waals surface area (Å²) in [6.07, 6.45) is 6.06. The van der Waals surface area contributed by atoms with Crippen LogP contribution in [0.3, 0.4) is 0 Å². The van der Waals surface area contributed by atoms with E-state index in [4.69, 9.17) is 4.74 Å². The number of amides is 2. The van der Waals surface area contributed by atoms with Crippen LogP contribution in [0.2, 0.25) is 0 Å². The summed E-state index contributed by atoms with van der Waals surface area (Å²) in [6, 6.07) is 0.311. The lowest BCUT2D eigenvalue weighted by atomic mass is 9.94. The molecule has 3 rings (SSSR count). The fraction of sp³-hybridized carbons (Fsp3) is 0.737. The molecule has 0 saturated heterocycles. The molecule has 1 aromatic heterocycles. The number of fused-ring (bicyclic) bond motifs is 1. The van der Waals surface area contributed by atoms with E-state index < -0.39 is 5.60 Å². The molecule has 1 N–H and O–H groups in total. The van der Waals surface area contributed by atoms with Crippen molar-refractivity contribution < 1.29 is 14.3 Å². The number of nitrogens with zero attached hydrogens (tertiary/aromatic N) is 3. The molecule has 7 nitrogen and oxygen atoms in total. The van der Waals surface area contributed by atoms with Crippen LogP contribution in [-0.2, 0) is 17.7 Å². The molecule has 0 bridgehead atoms. The largest absolute Gasteiger partial charge is 0.444 e. The van der Waals surface area contributed by atoms with E-state index in [9.17, 15) is 9.59 Å². The summed E-state index contributed by atoms with van der Waals surface area (Å²) in [5, 5.41) is 7.25. The molecule has 1 aromatic rings. The Morgan fingerprint density at radius 3 is 2.58 bits per heavy atom. The number of aromatic nitrogens is 2. The second kappa shape index (κ2) is 7.29. The summed E-state index contributed by atoms with van der Waals surface area (Å²) in [4.78, 5) is 28.7. The molecule has 1 fully saturated rings. The lowest BCUT2D eigenvalue weighted by Crippen LogP contribution is -2.41. The smallest absolute Gasteiger partial charge is 0.410 e. The van der Waals surface area contributed by atoms with Crippen LogP contribution in [0, 0.1) is 0 Å². The van der Waals surface area contributed by atoms with Gasteiger partial charge in [0.1, 0.15) is 5.60 Å². The van der Waals surface area contributed by atoms with Gasteiger partial charge in [0.15, 0.2) is 5.69 Å². The van der Waals surface area contributed by atoms with E-state index in [2.05, 4.69) is 10.2 Å². The molecule has 2 heterocycles. The first-order valence-electron chi connectivity index (χ1n) is 9.57. The van der Waals surface area contributed by atoms with Gasteiger partial charge in [-0.3, -0.25) is 9.89 Å². The van der Waals surface area contributed by atoms with Gasteiger partial charge in [0.05, 0.1) is 12.2 Å². The minimum Gasteiger partial charge on any atom is -0.444 e. The Bertz CT molecular complexity index is 671. The van der Waals surface area contributed by atoms with Gasteiger partial charge >= 0.3 is 6.09 Å². The molecular formula is C19H30N4O3. The highest BCUT2D eigenvalue weighted by Gasteiger charge is 2.32. The van der Waals surface area contributed by atoms with Gasteiger partial charge in [0.2, 0.25) is 0 Å². The maximum absolute atomic E-state index is 12.9. The maximum atomic E-state index is 12.9. The molecule has 1 saturated carbocycles. The van der Waals surface area contributed by atoms with Crippen LogP contribution in [0.25, 0.3) is 0 Å². The predicted octanol–water partition coefficient (Wildman–Crippen LogP) is 3.11. The quantitative estimate of drug-likeness (QED) is 0.877. The Morgan fingerprint density at radius 2 is 1.92 bits per heavy atom. The molecule has 7 heteroatoms. The number of H-pyrrole nitrogens is 1. The Hall–Kier alpha value is -2.05. The number of nitrogens with one attached hydrogen (secondary N) is 1. The van der Waals surface area contributed by atoms with Crippen molar-refractivity contribution in [1.82, 2.24) is 20.0 Å². The van der Waals surface area contributed by atoms with E-state index in [1.807, 2.05) is 32.7 Å². The Kier molecular flexibility index (Phi) is 5.25. The lowest BCUT2D eigenvalue weighted by molar-refractivity contribution is 0.0221. The molecule has 1 aliphatic heterocycles. The molecule has 2 aliphatic rings. The third-order valence-corrected chi connectivity index (χ3v) is 5.23. The topological polar surface area (TPSA) is 78.5 Å². The molecular weight excluding hydrogens is 332 g/mol. The van der Waals surface area contributed by atoms with Crippen molar-refractivity contribution in [2.75, 3.05) is 13.6 Å². The van der Waals surface area contributed by atoms with Crippen molar-refractivity contribution in [3.63, 3.8) is 0 Å². The zero-order chi connectivity index (χ0) is 18.9.